The first-order valence-electron chi connectivity index (χ1n) is 9.16. The molecule has 0 bridgehead atoms. The number of benzene rings is 1. The van der Waals surface area contributed by atoms with E-state index in [9.17, 15) is 5.11 Å². The number of methoxy groups -OCH3 is 1. The fourth-order valence-corrected chi connectivity index (χ4v) is 4.28. The molecular formula is C19H29N3O2S. The smallest absolute Gasteiger partial charge is 0.131 e. The predicted octanol–water partition coefficient (Wildman–Crippen LogP) is 2.69. The van der Waals surface area contributed by atoms with E-state index in [0.717, 1.165) is 48.9 Å². The molecule has 2 aliphatic heterocycles. The van der Waals surface area contributed by atoms with Gasteiger partial charge in [0.05, 0.1) is 7.11 Å². The second-order valence-corrected chi connectivity index (χ2v) is 7.71. The molecule has 0 spiro atoms. The molecule has 0 amide bonds. The first-order valence-corrected chi connectivity index (χ1v) is 10.1. The maximum absolute atomic E-state index is 10.2. The molecule has 25 heavy (non-hydrogen) atoms. The van der Waals surface area contributed by atoms with Crippen molar-refractivity contribution in [2.45, 2.75) is 43.8 Å². The first-order chi connectivity index (χ1) is 12.2. The summed E-state index contributed by atoms with van der Waals surface area (Å²) >= 11 is 1.66. The van der Waals surface area contributed by atoms with Gasteiger partial charge in [-0.1, -0.05) is 18.2 Å². The van der Waals surface area contributed by atoms with Crippen molar-refractivity contribution in [3.05, 3.63) is 35.2 Å². The minimum absolute atomic E-state index is 0.0194. The highest BCUT2D eigenvalue weighted by atomic mass is 32.2. The van der Waals surface area contributed by atoms with E-state index in [1.165, 1.54) is 19.3 Å². The Kier molecular flexibility index (Phi) is 7.04. The predicted molar refractivity (Wildman–Crippen MR) is 104 cm³/mol. The van der Waals surface area contributed by atoms with Gasteiger partial charge in [0.2, 0.25) is 0 Å². The zero-order chi connectivity index (χ0) is 17.5. The van der Waals surface area contributed by atoms with Gasteiger partial charge in [0, 0.05) is 5.70 Å². The molecule has 0 saturated carbocycles. The molecule has 5 nitrogen and oxygen atoms in total. The van der Waals surface area contributed by atoms with Gasteiger partial charge >= 0.3 is 0 Å². The lowest BCUT2D eigenvalue weighted by Crippen LogP contribution is -2.42. The highest BCUT2D eigenvalue weighted by molar-refractivity contribution is 8.03. The Labute approximate surface area is 154 Å². The van der Waals surface area contributed by atoms with Gasteiger partial charge < -0.3 is 20.5 Å². The number of nitrogens with one attached hydrogen (secondary N) is 3. The third-order valence-electron chi connectivity index (χ3n) is 4.90. The number of thioether (sulfide) groups is 1. The summed E-state index contributed by atoms with van der Waals surface area (Å²) in [7, 11) is 1.67. The van der Waals surface area contributed by atoms with Crippen LogP contribution >= 0.6 is 11.8 Å². The molecule has 1 fully saturated rings. The Morgan fingerprint density at radius 1 is 1.28 bits per heavy atom. The normalized spacial score (nSPS) is 22.3. The fourth-order valence-electron chi connectivity index (χ4n) is 3.38. The molecular weight excluding hydrogens is 334 g/mol. The van der Waals surface area contributed by atoms with Crippen molar-refractivity contribution in [3.8, 4) is 5.75 Å². The van der Waals surface area contributed by atoms with Crippen LogP contribution in [0, 0.1) is 5.92 Å². The van der Waals surface area contributed by atoms with Gasteiger partial charge in [-0.25, -0.2) is 0 Å². The van der Waals surface area contributed by atoms with Crippen LogP contribution in [-0.2, 0) is 0 Å². The van der Waals surface area contributed by atoms with Crippen LogP contribution in [0.3, 0.4) is 0 Å². The summed E-state index contributed by atoms with van der Waals surface area (Å²) in [6.45, 7) is 2.29. The number of ether oxygens (including phenoxy) is 1. The van der Waals surface area contributed by atoms with Crippen molar-refractivity contribution in [1.82, 2.24) is 16.0 Å². The second-order valence-electron chi connectivity index (χ2n) is 6.73. The Morgan fingerprint density at radius 2 is 2.04 bits per heavy atom. The summed E-state index contributed by atoms with van der Waals surface area (Å²) in [5.41, 5.74) is 2.22. The van der Waals surface area contributed by atoms with E-state index in [-0.39, 0.29) is 5.50 Å². The number of hydrogen-bond donors (Lipinski definition) is 4. The maximum Gasteiger partial charge on any atom is 0.131 e. The Hall–Kier alpha value is -1.21. The van der Waals surface area contributed by atoms with Crippen molar-refractivity contribution in [1.29, 1.82) is 0 Å². The molecule has 0 aliphatic carbocycles. The molecule has 2 aliphatic rings. The fraction of sp³-hybridized carbons (Fsp3) is 0.579. The number of aliphatic hydroxyl groups excluding tert-OH is 1. The monoisotopic (exact) mass is 363 g/mol. The lowest BCUT2D eigenvalue weighted by molar-refractivity contribution is 0.117. The summed E-state index contributed by atoms with van der Waals surface area (Å²) in [5.74, 6) is 1.68. The Balaban J connectivity index is 1.36. The molecule has 0 radical (unpaired) electrons. The van der Waals surface area contributed by atoms with Crippen LogP contribution in [0.15, 0.2) is 29.7 Å². The van der Waals surface area contributed by atoms with Crippen molar-refractivity contribution < 1.29 is 9.84 Å². The highest BCUT2D eigenvalue weighted by Crippen LogP contribution is 2.27. The van der Waals surface area contributed by atoms with Gasteiger partial charge in [-0.3, -0.25) is 5.32 Å². The van der Waals surface area contributed by atoms with Gasteiger partial charge in [-0.2, -0.15) is 0 Å². The standard InChI is InChI=1S/C19H29N3O2S/c1-24-16-7-5-15(6-8-16)17-13-25-19(21-17)22-18(23)4-2-3-14-9-11-20-12-10-14/h5-8,13-14,18-23H,2-4,9-12H2,1H3. The maximum atomic E-state index is 10.2. The highest BCUT2D eigenvalue weighted by Gasteiger charge is 2.20. The van der Waals surface area contributed by atoms with Crippen LogP contribution in [0.5, 0.6) is 5.75 Å². The molecule has 2 unspecified atom stereocenters. The summed E-state index contributed by atoms with van der Waals surface area (Å²) in [6, 6.07) is 7.99. The van der Waals surface area contributed by atoms with Crippen LogP contribution in [0.4, 0.5) is 0 Å². The number of rotatable bonds is 8. The summed E-state index contributed by atoms with van der Waals surface area (Å²) < 4.78 is 5.19. The molecule has 0 aromatic heterocycles. The molecule has 6 heteroatoms. The lowest BCUT2D eigenvalue weighted by atomic mass is 9.92. The quantitative estimate of drug-likeness (QED) is 0.533. The van der Waals surface area contributed by atoms with Crippen molar-refractivity contribution in [2.24, 2.45) is 5.92 Å². The molecule has 1 saturated heterocycles. The van der Waals surface area contributed by atoms with E-state index < -0.39 is 6.23 Å². The second kappa shape index (κ2) is 9.48. The average Bonchev–Trinajstić information content (AvgIpc) is 3.11. The average molecular weight is 364 g/mol. The lowest BCUT2D eigenvalue weighted by Gasteiger charge is -2.23. The van der Waals surface area contributed by atoms with E-state index in [2.05, 4.69) is 21.4 Å². The third-order valence-corrected chi connectivity index (χ3v) is 5.80. The van der Waals surface area contributed by atoms with Gasteiger partial charge in [0.25, 0.3) is 0 Å². The summed E-state index contributed by atoms with van der Waals surface area (Å²) in [4.78, 5) is 0. The summed E-state index contributed by atoms with van der Waals surface area (Å²) in [6.07, 6.45) is 5.20. The van der Waals surface area contributed by atoms with Crippen molar-refractivity contribution in [3.63, 3.8) is 0 Å². The van der Waals surface area contributed by atoms with Crippen LogP contribution in [0.25, 0.3) is 5.70 Å². The van der Waals surface area contributed by atoms with Gasteiger partial charge in [0.1, 0.15) is 17.5 Å². The van der Waals surface area contributed by atoms with E-state index in [1.54, 1.807) is 18.9 Å². The van der Waals surface area contributed by atoms with Gasteiger partial charge in [-0.15, -0.1) is 0 Å². The topological polar surface area (TPSA) is 65.5 Å². The Morgan fingerprint density at radius 3 is 2.76 bits per heavy atom. The molecule has 2 heterocycles. The molecule has 2 atom stereocenters. The van der Waals surface area contributed by atoms with E-state index in [1.807, 2.05) is 24.3 Å². The van der Waals surface area contributed by atoms with Crippen molar-refractivity contribution in [2.75, 3.05) is 20.2 Å². The molecule has 1 aromatic carbocycles. The number of hydrogen-bond acceptors (Lipinski definition) is 6. The largest absolute Gasteiger partial charge is 0.497 e. The molecule has 3 rings (SSSR count). The number of aliphatic hydroxyl groups is 1. The van der Waals surface area contributed by atoms with E-state index in [0.29, 0.717) is 0 Å². The van der Waals surface area contributed by atoms with Gasteiger partial charge in [0.15, 0.2) is 0 Å². The zero-order valence-corrected chi connectivity index (χ0v) is 15.6. The van der Waals surface area contributed by atoms with Gasteiger partial charge in [-0.05, 0) is 79.9 Å². The molecule has 4 N–H and O–H groups in total. The van der Waals surface area contributed by atoms with Crippen LogP contribution in [0.2, 0.25) is 0 Å². The first kappa shape index (κ1) is 18.6. The van der Waals surface area contributed by atoms with E-state index in [4.69, 9.17) is 4.74 Å². The Bertz CT molecular complexity index is 558. The summed E-state index contributed by atoms with van der Waals surface area (Å²) in [5, 5.41) is 22.4. The van der Waals surface area contributed by atoms with Crippen LogP contribution in [0.1, 0.15) is 37.7 Å². The zero-order valence-electron chi connectivity index (χ0n) is 14.8. The SMILES string of the molecule is COc1ccc(C2=CSC(NC(O)CCCC3CCNCC3)N2)cc1. The van der Waals surface area contributed by atoms with Crippen molar-refractivity contribution >= 4 is 17.5 Å². The van der Waals surface area contributed by atoms with E-state index >= 15 is 0 Å². The third kappa shape index (κ3) is 5.64. The number of piperidine rings is 1. The molecule has 1 aromatic rings. The van der Waals surface area contributed by atoms with Crippen LogP contribution in [-0.4, -0.2) is 37.0 Å². The molecule has 138 valence electrons. The van der Waals surface area contributed by atoms with Crippen LogP contribution < -0.4 is 20.7 Å². The minimum Gasteiger partial charge on any atom is -0.497 e. The minimum atomic E-state index is -0.463.